The Morgan fingerprint density at radius 1 is 0.308 bits per heavy atom. The van der Waals surface area contributed by atoms with Gasteiger partial charge in [-0.1, -0.05) is 163 Å². The van der Waals surface area contributed by atoms with Crippen molar-refractivity contribution in [3.63, 3.8) is 0 Å². The highest BCUT2D eigenvalue weighted by Crippen LogP contribution is 2.52. The zero-order valence-corrected chi connectivity index (χ0v) is 29.8. The van der Waals surface area contributed by atoms with Crippen LogP contribution in [-0.4, -0.2) is 0 Å². The summed E-state index contributed by atoms with van der Waals surface area (Å²) in [5.41, 5.74) is 12.1. The van der Waals surface area contributed by atoms with Crippen LogP contribution >= 0.6 is 0 Å². The van der Waals surface area contributed by atoms with Crippen LogP contribution in [0.2, 0.25) is 0 Å². The molecule has 0 radical (unpaired) electrons. The molecule has 0 nitrogen and oxygen atoms in total. The second-order valence-electron chi connectivity index (χ2n) is 18.9. The van der Waals surface area contributed by atoms with Gasteiger partial charge >= 0.3 is 0 Å². The van der Waals surface area contributed by atoms with E-state index in [4.69, 9.17) is 0 Å². The van der Waals surface area contributed by atoms with Crippen molar-refractivity contribution in [2.45, 2.75) is 176 Å². The molecule has 0 heteroatoms. The fourth-order valence-electron chi connectivity index (χ4n) is 6.73. The number of hydrogen-bond donors (Lipinski definition) is 0. The third-order valence-electron chi connectivity index (χ3n) is 8.35. The van der Waals surface area contributed by atoms with Crippen LogP contribution in [-0.2, 0) is 37.9 Å². The summed E-state index contributed by atoms with van der Waals surface area (Å²) in [7, 11) is 0. The standard InChI is InChI=1S/C39H64/c1-33(2,3)25-22-21-23-26(29(25)35(7,8)9)39(19,20)28-24-27(34(4,5)6)30(36(10,11)12)32(38(16,17)18)31(28)37(13,14)15/h21-24H,1-20H3. The lowest BCUT2D eigenvalue weighted by molar-refractivity contribution is 0.460. The summed E-state index contributed by atoms with van der Waals surface area (Å²) >= 11 is 0. The van der Waals surface area contributed by atoms with Gasteiger partial charge in [-0.05, 0) is 77.0 Å². The first kappa shape index (κ1) is 33.6. The Labute approximate surface area is 244 Å². The zero-order valence-electron chi connectivity index (χ0n) is 29.8. The third kappa shape index (κ3) is 6.68. The number of rotatable bonds is 2. The van der Waals surface area contributed by atoms with Crippen LogP contribution in [0.4, 0.5) is 0 Å². The van der Waals surface area contributed by atoms with Gasteiger partial charge in [-0.3, -0.25) is 0 Å². The van der Waals surface area contributed by atoms with E-state index in [0.29, 0.717) is 0 Å². The lowest BCUT2D eigenvalue weighted by atomic mass is 9.59. The Bertz CT molecular complexity index is 1190. The summed E-state index contributed by atoms with van der Waals surface area (Å²) in [4.78, 5) is 0. The van der Waals surface area contributed by atoms with Gasteiger partial charge in [0.15, 0.2) is 0 Å². The predicted molar refractivity (Wildman–Crippen MR) is 177 cm³/mol. The van der Waals surface area contributed by atoms with Crippen LogP contribution in [0.25, 0.3) is 0 Å². The van der Waals surface area contributed by atoms with Crippen molar-refractivity contribution in [2.75, 3.05) is 0 Å². The van der Waals surface area contributed by atoms with E-state index in [2.05, 4.69) is 163 Å². The van der Waals surface area contributed by atoms with Crippen LogP contribution in [0.1, 0.15) is 183 Å². The Kier molecular flexibility index (Phi) is 8.43. The van der Waals surface area contributed by atoms with Crippen molar-refractivity contribution in [3.05, 3.63) is 68.8 Å². The van der Waals surface area contributed by atoms with E-state index < -0.39 is 0 Å². The van der Waals surface area contributed by atoms with Crippen molar-refractivity contribution in [3.8, 4) is 0 Å². The van der Waals surface area contributed by atoms with Gasteiger partial charge in [-0.25, -0.2) is 0 Å². The first-order chi connectivity index (χ1) is 16.9. The average molecular weight is 533 g/mol. The van der Waals surface area contributed by atoms with E-state index >= 15 is 0 Å². The summed E-state index contributed by atoms with van der Waals surface area (Å²) in [6, 6.07) is 9.73. The van der Waals surface area contributed by atoms with E-state index in [1.54, 1.807) is 16.7 Å². The van der Waals surface area contributed by atoms with Gasteiger partial charge in [-0.2, -0.15) is 0 Å². The van der Waals surface area contributed by atoms with E-state index in [1.807, 2.05) is 0 Å². The van der Waals surface area contributed by atoms with Crippen molar-refractivity contribution in [1.29, 1.82) is 0 Å². The molecule has 2 aromatic carbocycles. The fraction of sp³-hybridized carbons (Fsp3) is 0.692. The Hall–Kier alpha value is -1.56. The van der Waals surface area contributed by atoms with Gasteiger partial charge in [0.2, 0.25) is 0 Å². The molecule has 0 aliphatic heterocycles. The number of benzene rings is 2. The molecule has 0 amide bonds. The molecule has 0 fully saturated rings. The minimum Gasteiger partial charge on any atom is -0.0616 e. The molecule has 0 N–H and O–H groups in total. The second kappa shape index (κ2) is 9.77. The molecule has 0 heterocycles. The van der Waals surface area contributed by atoms with Crippen LogP contribution in [0.15, 0.2) is 24.3 Å². The number of hydrogen-bond acceptors (Lipinski definition) is 0. The molecular weight excluding hydrogens is 468 g/mol. The summed E-state index contributed by atoms with van der Waals surface area (Å²) in [6.07, 6.45) is 0. The molecule has 0 aromatic heterocycles. The SMILES string of the molecule is CC(C)(C)c1cccc(C(C)(C)c2cc(C(C)(C)C)c(C(C)(C)C)c(C(C)(C)C)c2C(C)(C)C)c1C(C)(C)C. The Morgan fingerprint density at radius 2 is 0.641 bits per heavy atom. The topological polar surface area (TPSA) is 0 Å². The molecule has 0 atom stereocenters. The normalized spacial score (nSPS) is 14.7. The summed E-state index contributed by atoms with van der Waals surface area (Å²) in [5, 5.41) is 0. The molecule has 0 saturated carbocycles. The predicted octanol–water partition coefficient (Wildman–Crippen LogP) is 11.8. The molecule has 220 valence electrons. The molecule has 0 spiro atoms. The lowest BCUT2D eigenvalue weighted by Crippen LogP contribution is -2.37. The highest BCUT2D eigenvalue weighted by atomic mass is 14.5. The monoisotopic (exact) mass is 533 g/mol. The van der Waals surface area contributed by atoms with E-state index in [-0.39, 0.29) is 37.9 Å². The summed E-state index contributed by atoms with van der Waals surface area (Å²) in [5.74, 6) is 0. The summed E-state index contributed by atoms with van der Waals surface area (Å²) < 4.78 is 0. The largest absolute Gasteiger partial charge is 0.0616 e. The first-order valence-corrected chi connectivity index (χ1v) is 15.3. The average Bonchev–Trinajstić information content (AvgIpc) is 2.67. The maximum absolute atomic E-state index is 2.63. The van der Waals surface area contributed by atoms with Gasteiger partial charge in [-0.15, -0.1) is 0 Å². The summed E-state index contributed by atoms with van der Waals surface area (Å²) in [6.45, 7) is 48.3. The quantitative estimate of drug-likeness (QED) is 0.361. The highest BCUT2D eigenvalue weighted by molar-refractivity contribution is 5.61. The molecule has 0 unspecified atom stereocenters. The maximum atomic E-state index is 2.63. The minimum atomic E-state index is -0.178. The third-order valence-corrected chi connectivity index (χ3v) is 8.35. The van der Waals surface area contributed by atoms with Gasteiger partial charge in [0.1, 0.15) is 0 Å². The van der Waals surface area contributed by atoms with Gasteiger partial charge in [0.25, 0.3) is 0 Å². The van der Waals surface area contributed by atoms with Crippen LogP contribution in [0.5, 0.6) is 0 Å². The Balaban J connectivity index is 3.37. The molecule has 0 bridgehead atoms. The zero-order chi connectivity index (χ0) is 30.9. The molecule has 0 aliphatic rings. The first-order valence-electron chi connectivity index (χ1n) is 15.3. The second-order valence-corrected chi connectivity index (χ2v) is 18.9. The molecule has 0 aliphatic carbocycles. The molecular formula is C39H64. The van der Waals surface area contributed by atoms with Gasteiger partial charge < -0.3 is 0 Å². The molecule has 2 rings (SSSR count). The van der Waals surface area contributed by atoms with Crippen LogP contribution in [0.3, 0.4) is 0 Å². The van der Waals surface area contributed by atoms with Crippen molar-refractivity contribution in [2.24, 2.45) is 0 Å². The van der Waals surface area contributed by atoms with Crippen LogP contribution < -0.4 is 0 Å². The van der Waals surface area contributed by atoms with Crippen LogP contribution in [0, 0.1) is 0 Å². The Morgan fingerprint density at radius 3 is 0.974 bits per heavy atom. The molecule has 39 heavy (non-hydrogen) atoms. The van der Waals surface area contributed by atoms with Gasteiger partial charge in [0, 0.05) is 5.41 Å². The van der Waals surface area contributed by atoms with Crippen molar-refractivity contribution in [1.82, 2.24) is 0 Å². The fourth-order valence-corrected chi connectivity index (χ4v) is 6.73. The van der Waals surface area contributed by atoms with Gasteiger partial charge in [0.05, 0.1) is 0 Å². The highest BCUT2D eigenvalue weighted by Gasteiger charge is 2.42. The molecule has 2 aromatic rings. The molecule has 0 saturated heterocycles. The lowest BCUT2D eigenvalue weighted by Gasteiger charge is -2.45. The maximum Gasteiger partial charge on any atom is 0.0152 e. The smallest absolute Gasteiger partial charge is 0.0152 e. The van der Waals surface area contributed by atoms with Crippen molar-refractivity contribution < 1.29 is 0 Å². The van der Waals surface area contributed by atoms with E-state index in [1.165, 1.54) is 27.8 Å². The van der Waals surface area contributed by atoms with E-state index in [9.17, 15) is 0 Å². The minimum absolute atomic E-state index is 0.00480. The van der Waals surface area contributed by atoms with Crippen molar-refractivity contribution >= 4 is 0 Å². The van der Waals surface area contributed by atoms with E-state index in [0.717, 1.165) is 0 Å².